The lowest BCUT2D eigenvalue weighted by molar-refractivity contribution is -0.142. The molecule has 18 atom stereocenters. The fourth-order valence-electron chi connectivity index (χ4n) is 11.5. The minimum atomic E-state index is -2.07. The molecule has 35 N–H and O–H groups in total. The average Bonchev–Trinajstić information content (AvgIpc) is 0.855. The second kappa shape index (κ2) is 55.2. The molecule has 0 aliphatic rings. The van der Waals surface area contributed by atoms with Gasteiger partial charge in [-0.05, 0) is 114 Å². The van der Waals surface area contributed by atoms with Gasteiger partial charge in [-0.2, -0.15) is 0 Å². The Kier molecular flexibility index (Phi) is 47.8. The fraction of sp³-hybridized carbons (Fsp3) is 0.579. The third kappa shape index (κ3) is 39.6. The van der Waals surface area contributed by atoms with Crippen molar-refractivity contribution in [3.05, 3.63) is 59.7 Å². The highest BCUT2D eigenvalue weighted by molar-refractivity contribution is 6.02. The quantitative estimate of drug-likeness (QED) is 0.0166. The van der Waals surface area contributed by atoms with Gasteiger partial charge in [0.05, 0.1) is 57.5 Å². The van der Waals surface area contributed by atoms with Crippen LogP contribution in [0.4, 0.5) is 0 Å². The van der Waals surface area contributed by atoms with Crippen molar-refractivity contribution in [2.45, 2.75) is 222 Å². The Hall–Kier alpha value is -13.0. The van der Waals surface area contributed by atoms with Crippen LogP contribution in [-0.2, 0) is 104 Å². The van der Waals surface area contributed by atoms with E-state index in [4.69, 9.17) is 33.5 Å². The number of primary amides is 1. The van der Waals surface area contributed by atoms with Gasteiger partial charge in [0, 0.05) is 19.4 Å². The Balaban J connectivity index is 2.40. The number of carbonyl (C=O) groups is 19. The van der Waals surface area contributed by atoms with E-state index in [9.17, 15) is 132 Å². The maximum atomic E-state index is 14.7. The molecule has 50 heteroatoms. The van der Waals surface area contributed by atoms with E-state index in [1.54, 1.807) is 13.8 Å². The van der Waals surface area contributed by atoms with Crippen molar-refractivity contribution in [1.82, 2.24) is 90.4 Å². The number of unbranched alkanes of at least 4 members (excludes halogenated alkanes) is 1. The lowest BCUT2D eigenvalue weighted by atomic mass is 9.97. The van der Waals surface area contributed by atoms with Gasteiger partial charge in [-0.25, -0.2) is 0 Å². The van der Waals surface area contributed by atoms with Crippen LogP contribution in [0, 0.1) is 17.2 Å². The summed E-state index contributed by atoms with van der Waals surface area (Å²) in [6, 6.07) is -14.1. The predicted octanol–water partition coefficient (Wildman–Crippen LogP) is -12.5. The number of carboxylic acid groups (broad SMARTS) is 2. The SMILES string of the molecule is CC[C@H](C)[C@H](NC(=O)[C@@H](N)[C@@H](C)O)C(=O)N[C@@H](CC(N)=O)C(=O)N[C@H](C(=O)N[C@@H](CO)C(=O)NCC(=O)N[C@@H](CCCNC(=N)N)C(=O)NCC(=O)N[C@H](C(=O)N[C@@H](Cc1ccc(O)cc1)C(=O)N[C@@H](Cc1ccc(O)cc1)C(=O)N[C@@H](C)C(=O)N[C@@H](CC(=O)O)C(=O)N[C@@H](CO)C(=O)N[C@H](C(=O)N[C@@H](CCCCN)C(=O)NCC(=O)O)C(C)C)[C@@H](C)O)[C@@H](C)O. The van der Waals surface area contributed by atoms with Crippen LogP contribution in [0.3, 0.4) is 0 Å². The van der Waals surface area contributed by atoms with E-state index in [0.29, 0.717) is 12.8 Å². The number of hydrogen-bond donors (Lipinski definition) is 31. The van der Waals surface area contributed by atoms with Crippen molar-refractivity contribution >= 4 is 118 Å². The van der Waals surface area contributed by atoms with Gasteiger partial charge < -0.3 is 159 Å². The summed E-state index contributed by atoms with van der Waals surface area (Å²) in [5.41, 5.74) is 22.5. The number of aliphatic hydroxyl groups is 5. The van der Waals surface area contributed by atoms with Gasteiger partial charge in [-0.3, -0.25) is 96.5 Å². The van der Waals surface area contributed by atoms with Gasteiger partial charge in [0.1, 0.15) is 103 Å². The zero-order chi connectivity index (χ0) is 95.5. The van der Waals surface area contributed by atoms with Crippen molar-refractivity contribution in [3.63, 3.8) is 0 Å². The Morgan fingerprint density at radius 3 is 1.22 bits per heavy atom. The van der Waals surface area contributed by atoms with E-state index in [1.807, 2.05) is 0 Å². The average molecular weight is 1790 g/mol. The van der Waals surface area contributed by atoms with E-state index < -0.39 is 292 Å². The molecule has 2 aromatic rings. The van der Waals surface area contributed by atoms with Crippen LogP contribution in [0.5, 0.6) is 11.5 Å². The molecule has 702 valence electrons. The van der Waals surface area contributed by atoms with Crippen LogP contribution in [0.15, 0.2) is 48.5 Å². The monoisotopic (exact) mass is 1790 g/mol. The van der Waals surface area contributed by atoms with Crippen LogP contribution in [0.2, 0.25) is 0 Å². The number of aliphatic hydroxyl groups excluding tert-OH is 5. The molecule has 17 amide bonds. The zero-order valence-corrected chi connectivity index (χ0v) is 70.7. The van der Waals surface area contributed by atoms with Gasteiger partial charge in [-0.15, -0.1) is 0 Å². The molecule has 0 saturated heterocycles. The Labute approximate surface area is 722 Å². The summed E-state index contributed by atoms with van der Waals surface area (Å²) in [4.78, 5) is 255. The largest absolute Gasteiger partial charge is 0.508 e. The Bertz CT molecular complexity index is 4080. The van der Waals surface area contributed by atoms with Crippen LogP contribution in [-0.4, -0.2) is 313 Å². The molecule has 126 heavy (non-hydrogen) atoms. The summed E-state index contributed by atoms with van der Waals surface area (Å²) in [7, 11) is 0. The Morgan fingerprint density at radius 1 is 0.381 bits per heavy atom. The number of rotatable bonds is 57. The zero-order valence-electron chi connectivity index (χ0n) is 70.7. The van der Waals surface area contributed by atoms with E-state index >= 15 is 0 Å². The molecule has 50 nitrogen and oxygen atoms in total. The third-order valence-electron chi connectivity index (χ3n) is 18.9. The van der Waals surface area contributed by atoms with Crippen molar-refractivity contribution in [3.8, 4) is 11.5 Å². The molecule has 0 fully saturated rings. The van der Waals surface area contributed by atoms with Crippen molar-refractivity contribution < 1.29 is 137 Å². The van der Waals surface area contributed by atoms with Gasteiger partial charge in [-0.1, -0.05) is 58.4 Å². The van der Waals surface area contributed by atoms with Crippen LogP contribution < -0.4 is 113 Å². The van der Waals surface area contributed by atoms with E-state index in [-0.39, 0.29) is 61.4 Å². The summed E-state index contributed by atoms with van der Waals surface area (Å²) in [5.74, 6) is -25.1. The van der Waals surface area contributed by atoms with Gasteiger partial charge in [0.25, 0.3) is 0 Å². The standard InChI is InChI=1S/C76H120N22O28/c1-9-35(4)59(97-71(122)57(79)37(6)101)73(124)92-48(27-52(78)106)69(120)98-61(39(8)103)75(126)94-50(32-99)65(116)84-29-53(107)87-44(14-12-24-82-76(80)81)63(114)83-30-54(108)95-60(38(7)102)74(125)91-47(26-41-17-21-43(105)22-18-41)67(118)90-46(25-40-15-19-42(104)20-16-40)66(117)86-36(5)62(113)89-49(28-55(109)110)68(119)93-51(33-100)70(121)96-58(34(2)3)72(123)88-45(13-10-11-23-77)64(115)85-31-56(111)112/h15-22,34-39,44-51,57-61,99-105H,9-14,23-33,77,79H2,1-8H3,(H2,78,106)(H,83,114)(H,84,116)(H,85,115)(H,86,117)(H,87,107)(H,88,123)(H,89,113)(H,90,118)(H,91,125)(H,92,124)(H,93,119)(H,94,126)(H,95,108)(H,96,121)(H,97,122)(H,98,120)(H,109,110)(H,111,112)(H4,80,81,82)/t35-,36-,37+,38+,39+,44-,45-,46-,47-,48-,49-,50-,51-,57-,58-,59-,60-,61-/m0/s1. The number of phenols is 2. The first-order valence-corrected chi connectivity index (χ1v) is 39.9. The lowest BCUT2D eigenvalue weighted by Crippen LogP contribution is -2.62. The maximum absolute atomic E-state index is 14.7. The predicted molar refractivity (Wildman–Crippen MR) is 441 cm³/mol. The molecule has 2 aromatic carbocycles. The normalized spacial score (nSPS) is 15.3. The van der Waals surface area contributed by atoms with Gasteiger partial charge >= 0.3 is 11.9 Å². The number of phenolic OH excluding ortho intramolecular Hbond substituents is 2. The number of nitrogens with two attached hydrogens (primary N) is 4. The highest BCUT2D eigenvalue weighted by atomic mass is 16.4. The molecule has 0 saturated carbocycles. The van der Waals surface area contributed by atoms with Crippen LogP contribution >= 0.6 is 0 Å². The number of carboxylic acids is 2. The first-order chi connectivity index (χ1) is 59.1. The summed E-state index contributed by atoms with van der Waals surface area (Å²) < 4.78 is 0. The maximum Gasteiger partial charge on any atom is 0.322 e. The smallest absolute Gasteiger partial charge is 0.322 e. The topological polar surface area (TPSA) is 839 Å². The Morgan fingerprint density at radius 2 is 0.754 bits per heavy atom. The highest BCUT2D eigenvalue weighted by Crippen LogP contribution is 2.17. The number of aliphatic carboxylic acids is 2. The van der Waals surface area contributed by atoms with Gasteiger partial charge in [0.15, 0.2) is 5.96 Å². The number of hydrogen-bond acceptors (Lipinski definition) is 29. The lowest BCUT2D eigenvalue weighted by Gasteiger charge is -2.29. The molecule has 0 aliphatic heterocycles. The highest BCUT2D eigenvalue weighted by Gasteiger charge is 2.40. The molecule has 0 aromatic heterocycles. The number of amides is 17. The number of benzene rings is 2. The van der Waals surface area contributed by atoms with E-state index in [0.717, 1.165) is 20.8 Å². The molecule has 0 aliphatic carbocycles. The minimum absolute atomic E-state index is 0.000253. The summed E-state index contributed by atoms with van der Waals surface area (Å²) in [6.45, 7) is 5.49. The number of aromatic hydroxyl groups is 2. The molecular formula is C76H120N22O28. The van der Waals surface area contributed by atoms with Crippen LogP contribution in [0.25, 0.3) is 0 Å². The van der Waals surface area contributed by atoms with Crippen molar-refractivity contribution in [1.29, 1.82) is 5.41 Å². The van der Waals surface area contributed by atoms with Crippen molar-refractivity contribution in [2.24, 2.45) is 34.8 Å². The second-order valence-electron chi connectivity index (χ2n) is 29.8. The van der Waals surface area contributed by atoms with Crippen molar-refractivity contribution in [2.75, 3.05) is 45.9 Å². The second-order valence-corrected chi connectivity index (χ2v) is 29.8. The first-order valence-electron chi connectivity index (χ1n) is 39.9. The molecule has 2 rings (SSSR count). The minimum Gasteiger partial charge on any atom is -0.508 e. The summed E-state index contributed by atoms with van der Waals surface area (Å²) in [6.07, 6.45) is -7.29. The van der Waals surface area contributed by atoms with E-state index in [1.165, 1.54) is 69.3 Å². The number of guanidine groups is 1. The molecule has 0 bridgehead atoms. The fourth-order valence-corrected chi connectivity index (χ4v) is 11.5. The number of carbonyl (C=O) groups excluding carboxylic acids is 17. The molecule has 0 unspecified atom stereocenters. The van der Waals surface area contributed by atoms with E-state index in [2.05, 4.69) is 90.4 Å². The molecule has 0 heterocycles. The van der Waals surface area contributed by atoms with Gasteiger partial charge in [0.2, 0.25) is 100 Å². The third-order valence-corrected chi connectivity index (χ3v) is 18.9. The van der Waals surface area contributed by atoms with Crippen LogP contribution in [0.1, 0.15) is 118 Å². The summed E-state index contributed by atoms with van der Waals surface area (Å²) >= 11 is 0. The molecule has 0 spiro atoms. The molecular weight excluding hydrogens is 1670 g/mol. The number of nitrogens with one attached hydrogen (secondary N) is 18. The first kappa shape index (κ1) is 109. The molecule has 0 radical (unpaired) electrons. The summed E-state index contributed by atoms with van der Waals surface area (Å²) in [5, 5.41) is 137.